The topological polar surface area (TPSA) is 46.9 Å². The summed E-state index contributed by atoms with van der Waals surface area (Å²) in [6.45, 7) is 5.84. The minimum absolute atomic E-state index is 0.0210. The third kappa shape index (κ3) is 5.93. The van der Waals surface area contributed by atoms with Crippen molar-refractivity contribution >= 4 is 16.9 Å². The molecule has 1 heterocycles. The summed E-state index contributed by atoms with van der Waals surface area (Å²) in [7, 11) is 0. The number of hydrogen-bond donors (Lipinski definition) is 1. The molecule has 154 valence electrons. The van der Waals surface area contributed by atoms with Crippen LogP contribution in [0.25, 0.3) is 11.0 Å². The second-order valence-electron chi connectivity index (χ2n) is 7.81. The smallest absolute Gasteiger partial charge is 0.251 e. The normalized spacial score (nSPS) is 11.1. The quantitative estimate of drug-likeness (QED) is 0.428. The fourth-order valence-corrected chi connectivity index (χ4v) is 3.79. The van der Waals surface area contributed by atoms with Crippen molar-refractivity contribution in [2.24, 2.45) is 0 Å². The number of nitrogens with one attached hydrogen (secondary N) is 1. The molecule has 0 unspecified atom stereocenters. The molecule has 0 bridgehead atoms. The molecule has 29 heavy (non-hydrogen) atoms. The summed E-state index contributed by atoms with van der Waals surface area (Å²) in [5, 5.41) is 3.04. The molecule has 0 aliphatic heterocycles. The fourth-order valence-electron chi connectivity index (χ4n) is 3.79. The van der Waals surface area contributed by atoms with Crippen LogP contribution in [0.15, 0.2) is 48.5 Å². The molecule has 1 amide bonds. The maximum atomic E-state index is 12.4. The Morgan fingerprint density at radius 1 is 1.00 bits per heavy atom. The first kappa shape index (κ1) is 21.1. The Morgan fingerprint density at radius 2 is 1.79 bits per heavy atom. The van der Waals surface area contributed by atoms with Crippen LogP contribution in [0.1, 0.15) is 67.2 Å². The average molecular weight is 392 g/mol. The lowest BCUT2D eigenvalue weighted by Gasteiger charge is -2.10. The summed E-state index contributed by atoms with van der Waals surface area (Å²) < 4.78 is 2.34. The summed E-state index contributed by atoms with van der Waals surface area (Å²) in [6, 6.07) is 16.0. The lowest BCUT2D eigenvalue weighted by atomic mass is 10.1. The van der Waals surface area contributed by atoms with Gasteiger partial charge in [0.25, 0.3) is 5.91 Å². The van der Waals surface area contributed by atoms with Crippen LogP contribution in [-0.4, -0.2) is 22.0 Å². The Labute approximate surface area is 174 Å². The zero-order chi connectivity index (χ0) is 20.5. The first-order valence-corrected chi connectivity index (χ1v) is 11.0. The standard InChI is InChI=1S/C25H33N3O/c1-3-4-5-6-7-10-18-28-23-15-9-8-14-22(23)27-24(28)16-17-26-25(29)21-13-11-12-20(2)19-21/h8-9,11-15,19H,3-7,10,16-18H2,1-2H3,(H,26,29). The predicted molar refractivity (Wildman–Crippen MR) is 120 cm³/mol. The van der Waals surface area contributed by atoms with Crippen LogP contribution in [0.5, 0.6) is 0 Å². The summed E-state index contributed by atoms with van der Waals surface area (Å²) in [5.41, 5.74) is 4.04. The van der Waals surface area contributed by atoms with E-state index in [-0.39, 0.29) is 5.91 Å². The van der Waals surface area contributed by atoms with Gasteiger partial charge in [0.15, 0.2) is 0 Å². The van der Waals surface area contributed by atoms with E-state index < -0.39 is 0 Å². The van der Waals surface area contributed by atoms with Gasteiger partial charge in [0.05, 0.1) is 11.0 Å². The third-order valence-electron chi connectivity index (χ3n) is 5.38. The van der Waals surface area contributed by atoms with Crippen molar-refractivity contribution in [3.05, 3.63) is 65.5 Å². The van der Waals surface area contributed by atoms with Crippen molar-refractivity contribution in [3.63, 3.8) is 0 Å². The van der Waals surface area contributed by atoms with Gasteiger partial charge >= 0.3 is 0 Å². The van der Waals surface area contributed by atoms with E-state index in [2.05, 4.69) is 35.0 Å². The maximum Gasteiger partial charge on any atom is 0.251 e. The van der Waals surface area contributed by atoms with Crippen molar-refractivity contribution in [1.82, 2.24) is 14.9 Å². The van der Waals surface area contributed by atoms with Gasteiger partial charge < -0.3 is 9.88 Å². The van der Waals surface area contributed by atoms with E-state index in [1.165, 1.54) is 44.0 Å². The van der Waals surface area contributed by atoms with Gasteiger partial charge in [0.2, 0.25) is 0 Å². The van der Waals surface area contributed by atoms with E-state index in [1.807, 2.05) is 37.3 Å². The summed E-state index contributed by atoms with van der Waals surface area (Å²) in [5.74, 6) is 1.04. The molecule has 4 nitrogen and oxygen atoms in total. The number of rotatable bonds is 11. The Kier molecular flexibility index (Phi) is 7.85. The van der Waals surface area contributed by atoms with Gasteiger partial charge in [-0.25, -0.2) is 4.98 Å². The molecule has 0 atom stereocenters. The molecule has 0 saturated carbocycles. The average Bonchev–Trinajstić information content (AvgIpc) is 3.08. The van der Waals surface area contributed by atoms with Crippen molar-refractivity contribution in [2.75, 3.05) is 6.54 Å². The molecule has 0 spiro atoms. The highest BCUT2D eigenvalue weighted by molar-refractivity contribution is 5.94. The first-order valence-electron chi connectivity index (χ1n) is 11.0. The van der Waals surface area contributed by atoms with E-state index >= 15 is 0 Å². The SMILES string of the molecule is CCCCCCCCn1c(CCNC(=O)c2cccc(C)c2)nc2ccccc21. The maximum absolute atomic E-state index is 12.4. The molecule has 0 aliphatic carbocycles. The summed E-state index contributed by atoms with van der Waals surface area (Å²) >= 11 is 0. The van der Waals surface area contributed by atoms with Gasteiger partial charge in [0, 0.05) is 25.1 Å². The molecule has 0 radical (unpaired) electrons. The molecule has 0 saturated heterocycles. The van der Waals surface area contributed by atoms with Crippen LogP contribution in [0.3, 0.4) is 0 Å². The monoisotopic (exact) mass is 391 g/mol. The Bertz CT molecular complexity index is 929. The highest BCUT2D eigenvalue weighted by Gasteiger charge is 2.11. The van der Waals surface area contributed by atoms with Crippen molar-refractivity contribution < 1.29 is 4.79 Å². The number of benzene rings is 2. The molecule has 4 heteroatoms. The van der Waals surface area contributed by atoms with Crippen molar-refractivity contribution in [3.8, 4) is 0 Å². The van der Waals surface area contributed by atoms with Crippen LogP contribution in [0.2, 0.25) is 0 Å². The van der Waals surface area contributed by atoms with Gasteiger partial charge in [-0.05, 0) is 37.6 Å². The van der Waals surface area contributed by atoms with Crippen LogP contribution < -0.4 is 5.32 Å². The number of para-hydroxylation sites is 2. The summed E-state index contributed by atoms with van der Waals surface area (Å²) in [6.07, 6.45) is 8.43. The molecule has 2 aromatic carbocycles. The van der Waals surface area contributed by atoms with Gasteiger partial charge in [-0.1, -0.05) is 68.9 Å². The van der Waals surface area contributed by atoms with Crippen LogP contribution in [0, 0.1) is 6.92 Å². The molecular formula is C25H33N3O. The molecule has 3 rings (SSSR count). The number of fused-ring (bicyclic) bond motifs is 1. The number of aromatic nitrogens is 2. The largest absolute Gasteiger partial charge is 0.352 e. The lowest BCUT2D eigenvalue weighted by molar-refractivity contribution is 0.0954. The molecule has 0 aliphatic rings. The van der Waals surface area contributed by atoms with Crippen molar-refractivity contribution in [1.29, 1.82) is 0 Å². The number of imidazole rings is 1. The highest BCUT2D eigenvalue weighted by atomic mass is 16.1. The van der Waals surface area contributed by atoms with Gasteiger partial charge in [-0.15, -0.1) is 0 Å². The van der Waals surface area contributed by atoms with Crippen LogP contribution >= 0.6 is 0 Å². The number of amides is 1. The molecule has 3 aromatic rings. The van der Waals surface area contributed by atoms with E-state index in [0.717, 1.165) is 29.9 Å². The third-order valence-corrected chi connectivity index (χ3v) is 5.38. The van der Waals surface area contributed by atoms with E-state index in [4.69, 9.17) is 4.98 Å². The number of nitrogens with zero attached hydrogens (tertiary/aromatic N) is 2. The fraction of sp³-hybridized carbons (Fsp3) is 0.440. The zero-order valence-corrected chi connectivity index (χ0v) is 17.8. The Hall–Kier alpha value is -2.62. The first-order chi connectivity index (χ1) is 14.2. The van der Waals surface area contributed by atoms with Crippen LogP contribution in [-0.2, 0) is 13.0 Å². The highest BCUT2D eigenvalue weighted by Crippen LogP contribution is 2.18. The predicted octanol–water partition coefficient (Wildman–Crippen LogP) is 5.68. The van der Waals surface area contributed by atoms with Gasteiger partial charge in [-0.2, -0.15) is 0 Å². The second-order valence-corrected chi connectivity index (χ2v) is 7.81. The Morgan fingerprint density at radius 3 is 2.62 bits per heavy atom. The van der Waals surface area contributed by atoms with Gasteiger partial charge in [-0.3, -0.25) is 4.79 Å². The molecule has 1 aromatic heterocycles. The Balaban J connectivity index is 1.60. The number of aryl methyl sites for hydroxylation is 2. The number of hydrogen-bond acceptors (Lipinski definition) is 2. The molecule has 0 fully saturated rings. The number of carbonyl (C=O) groups is 1. The minimum Gasteiger partial charge on any atom is -0.352 e. The van der Waals surface area contributed by atoms with E-state index in [0.29, 0.717) is 12.1 Å². The second kappa shape index (κ2) is 10.8. The number of carbonyl (C=O) groups excluding carboxylic acids is 1. The minimum atomic E-state index is -0.0210. The van der Waals surface area contributed by atoms with Gasteiger partial charge in [0.1, 0.15) is 5.82 Å². The molecule has 1 N–H and O–H groups in total. The number of unbranched alkanes of at least 4 members (excludes halogenated alkanes) is 5. The van der Waals surface area contributed by atoms with E-state index in [9.17, 15) is 4.79 Å². The lowest BCUT2D eigenvalue weighted by Crippen LogP contribution is -2.26. The van der Waals surface area contributed by atoms with Crippen LogP contribution in [0.4, 0.5) is 0 Å². The van der Waals surface area contributed by atoms with Crippen molar-refractivity contribution in [2.45, 2.75) is 65.3 Å². The van der Waals surface area contributed by atoms with E-state index in [1.54, 1.807) is 0 Å². The zero-order valence-electron chi connectivity index (χ0n) is 17.8. The summed E-state index contributed by atoms with van der Waals surface area (Å²) in [4.78, 5) is 17.2. The molecular weight excluding hydrogens is 358 g/mol.